The molecule has 0 aromatic heterocycles. The van der Waals surface area contributed by atoms with Gasteiger partial charge in [0.05, 0.1) is 18.4 Å². The number of esters is 1. The highest BCUT2D eigenvalue weighted by atomic mass is 19.1. The molecule has 0 aliphatic carbocycles. The van der Waals surface area contributed by atoms with Gasteiger partial charge in [-0.15, -0.1) is 0 Å². The van der Waals surface area contributed by atoms with Crippen molar-refractivity contribution < 1.29 is 18.3 Å². The lowest BCUT2D eigenvalue weighted by Gasteiger charge is -2.08. The molecular formula is C15H13F2NO2. The van der Waals surface area contributed by atoms with Crippen molar-refractivity contribution in [1.29, 1.82) is 0 Å². The minimum absolute atomic E-state index is 0.0991. The molecule has 0 saturated heterocycles. The molecule has 2 aromatic carbocycles. The van der Waals surface area contributed by atoms with Crippen LogP contribution in [0.3, 0.4) is 0 Å². The number of benzene rings is 2. The fourth-order valence-electron chi connectivity index (χ4n) is 1.71. The van der Waals surface area contributed by atoms with E-state index in [1.807, 2.05) is 0 Å². The van der Waals surface area contributed by atoms with Crippen LogP contribution in [0.2, 0.25) is 0 Å². The van der Waals surface area contributed by atoms with Crippen molar-refractivity contribution in [1.82, 2.24) is 0 Å². The Morgan fingerprint density at radius 3 is 2.50 bits per heavy atom. The summed E-state index contributed by atoms with van der Waals surface area (Å²) in [5.74, 6) is -1.44. The molecule has 0 aliphatic rings. The maximum absolute atomic E-state index is 13.4. The first-order chi connectivity index (χ1) is 9.60. The highest BCUT2D eigenvalue weighted by Gasteiger charge is 2.06. The van der Waals surface area contributed by atoms with Gasteiger partial charge in [-0.2, -0.15) is 0 Å². The fourth-order valence-corrected chi connectivity index (χ4v) is 1.71. The predicted octanol–water partition coefficient (Wildman–Crippen LogP) is 3.36. The van der Waals surface area contributed by atoms with Crippen LogP contribution in [0, 0.1) is 11.6 Å². The van der Waals surface area contributed by atoms with Crippen LogP contribution in [0.25, 0.3) is 0 Å². The quantitative estimate of drug-likeness (QED) is 0.871. The third kappa shape index (κ3) is 3.32. The van der Waals surface area contributed by atoms with Crippen LogP contribution in [-0.2, 0) is 11.3 Å². The van der Waals surface area contributed by atoms with Crippen LogP contribution < -0.4 is 5.32 Å². The number of ether oxygens (including phenoxy) is 1. The zero-order chi connectivity index (χ0) is 14.5. The summed E-state index contributed by atoms with van der Waals surface area (Å²) in [5.41, 5.74) is 1.37. The highest BCUT2D eigenvalue weighted by molar-refractivity contribution is 5.89. The van der Waals surface area contributed by atoms with Gasteiger partial charge >= 0.3 is 5.97 Å². The van der Waals surface area contributed by atoms with Gasteiger partial charge < -0.3 is 10.1 Å². The van der Waals surface area contributed by atoms with Gasteiger partial charge in [0.2, 0.25) is 0 Å². The standard InChI is InChI=1S/C15H13F2NO2/c1-20-15(19)11-4-2-10(3-5-11)9-18-14-8-12(16)6-7-13(14)17/h2-8,18H,9H2,1H3. The molecule has 0 radical (unpaired) electrons. The number of anilines is 1. The highest BCUT2D eigenvalue weighted by Crippen LogP contribution is 2.16. The monoisotopic (exact) mass is 277 g/mol. The van der Waals surface area contributed by atoms with Gasteiger partial charge in [-0.1, -0.05) is 12.1 Å². The Morgan fingerprint density at radius 1 is 1.15 bits per heavy atom. The van der Waals surface area contributed by atoms with E-state index in [1.165, 1.54) is 7.11 Å². The Labute approximate surface area is 115 Å². The van der Waals surface area contributed by atoms with Crippen LogP contribution in [0.1, 0.15) is 15.9 Å². The van der Waals surface area contributed by atoms with E-state index >= 15 is 0 Å². The molecule has 104 valence electrons. The number of carbonyl (C=O) groups is 1. The van der Waals surface area contributed by atoms with Crippen LogP contribution in [0.4, 0.5) is 14.5 Å². The van der Waals surface area contributed by atoms with E-state index in [9.17, 15) is 13.6 Å². The number of carbonyl (C=O) groups excluding carboxylic acids is 1. The number of nitrogens with one attached hydrogen (secondary N) is 1. The van der Waals surface area contributed by atoms with Gasteiger partial charge in [-0.05, 0) is 35.9 Å². The molecular weight excluding hydrogens is 264 g/mol. The average Bonchev–Trinajstić information content (AvgIpc) is 2.48. The maximum atomic E-state index is 13.4. The summed E-state index contributed by atoms with van der Waals surface area (Å²) in [6.07, 6.45) is 0. The van der Waals surface area contributed by atoms with E-state index in [0.29, 0.717) is 12.1 Å². The van der Waals surface area contributed by atoms with Crippen LogP contribution in [0.5, 0.6) is 0 Å². The number of hydrogen-bond acceptors (Lipinski definition) is 3. The van der Waals surface area contributed by atoms with Gasteiger partial charge in [0.1, 0.15) is 11.6 Å². The molecule has 2 rings (SSSR count). The lowest BCUT2D eigenvalue weighted by atomic mass is 10.1. The zero-order valence-electron chi connectivity index (χ0n) is 10.8. The van der Waals surface area contributed by atoms with Crippen molar-refractivity contribution in [3.63, 3.8) is 0 Å². The topological polar surface area (TPSA) is 38.3 Å². The van der Waals surface area contributed by atoms with E-state index in [2.05, 4.69) is 10.1 Å². The minimum Gasteiger partial charge on any atom is -0.465 e. The van der Waals surface area contributed by atoms with E-state index in [1.54, 1.807) is 24.3 Å². The molecule has 0 heterocycles. The molecule has 0 amide bonds. The summed E-state index contributed by atoms with van der Waals surface area (Å²) in [5, 5.41) is 2.80. The number of halogens is 2. The third-order valence-electron chi connectivity index (χ3n) is 2.79. The van der Waals surface area contributed by atoms with Crippen molar-refractivity contribution in [3.8, 4) is 0 Å². The summed E-state index contributed by atoms with van der Waals surface area (Å²) in [4.78, 5) is 11.3. The lowest BCUT2D eigenvalue weighted by molar-refractivity contribution is 0.0600. The van der Waals surface area contributed by atoms with E-state index in [4.69, 9.17) is 0 Å². The Bertz CT molecular complexity index is 612. The second-order valence-electron chi connectivity index (χ2n) is 4.17. The second-order valence-corrected chi connectivity index (χ2v) is 4.17. The van der Waals surface area contributed by atoms with E-state index in [0.717, 1.165) is 23.8 Å². The molecule has 1 N–H and O–H groups in total. The smallest absolute Gasteiger partial charge is 0.337 e. The summed E-state index contributed by atoms with van der Waals surface area (Å²) >= 11 is 0. The minimum atomic E-state index is -0.516. The Balaban J connectivity index is 2.04. The van der Waals surface area contributed by atoms with Crippen LogP contribution >= 0.6 is 0 Å². The largest absolute Gasteiger partial charge is 0.465 e. The first kappa shape index (κ1) is 14.0. The van der Waals surface area contributed by atoms with Crippen molar-refractivity contribution >= 4 is 11.7 Å². The molecule has 0 atom stereocenters. The Kier molecular flexibility index (Phi) is 4.30. The summed E-state index contributed by atoms with van der Waals surface area (Å²) in [6.45, 7) is 0.321. The maximum Gasteiger partial charge on any atom is 0.337 e. The van der Waals surface area contributed by atoms with Gasteiger partial charge in [0, 0.05) is 6.54 Å². The van der Waals surface area contributed by atoms with Crippen molar-refractivity contribution in [2.24, 2.45) is 0 Å². The molecule has 0 bridgehead atoms. The summed E-state index contributed by atoms with van der Waals surface area (Å²) < 4.78 is 31.0. The molecule has 20 heavy (non-hydrogen) atoms. The molecule has 0 fully saturated rings. The molecule has 0 aliphatic heterocycles. The van der Waals surface area contributed by atoms with Crippen LogP contribution in [0.15, 0.2) is 42.5 Å². The average molecular weight is 277 g/mol. The number of hydrogen-bond donors (Lipinski definition) is 1. The van der Waals surface area contributed by atoms with Crippen molar-refractivity contribution in [3.05, 3.63) is 65.2 Å². The normalized spacial score (nSPS) is 10.2. The van der Waals surface area contributed by atoms with Gasteiger partial charge in [0.25, 0.3) is 0 Å². The first-order valence-electron chi connectivity index (χ1n) is 5.96. The Hall–Kier alpha value is -2.43. The zero-order valence-corrected chi connectivity index (χ0v) is 10.8. The first-order valence-corrected chi connectivity index (χ1v) is 5.96. The molecule has 0 saturated carbocycles. The molecule has 2 aromatic rings. The van der Waals surface area contributed by atoms with E-state index in [-0.39, 0.29) is 5.69 Å². The lowest BCUT2D eigenvalue weighted by Crippen LogP contribution is -2.04. The predicted molar refractivity (Wildman–Crippen MR) is 71.5 cm³/mol. The van der Waals surface area contributed by atoms with Gasteiger partial charge in [-0.3, -0.25) is 0 Å². The SMILES string of the molecule is COC(=O)c1ccc(CNc2cc(F)ccc2F)cc1. The Morgan fingerprint density at radius 2 is 1.85 bits per heavy atom. The summed E-state index contributed by atoms with van der Waals surface area (Å²) in [7, 11) is 1.31. The van der Waals surface area contributed by atoms with E-state index < -0.39 is 17.6 Å². The number of methoxy groups -OCH3 is 1. The molecule has 3 nitrogen and oxygen atoms in total. The third-order valence-corrected chi connectivity index (χ3v) is 2.79. The van der Waals surface area contributed by atoms with Gasteiger partial charge in [0.15, 0.2) is 0 Å². The molecule has 0 unspecified atom stereocenters. The summed E-state index contributed by atoms with van der Waals surface area (Å²) in [6, 6.07) is 9.89. The fraction of sp³-hybridized carbons (Fsp3) is 0.133. The second kappa shape index (κ2) is 6.14. The van der Waals surface area contributed by atoms with Crippen molar-refractivity contribution in [2.75, 3.05) is 12.4 Å². The van der Waals surface area contributed by atoms with Crippen LogP contribution in [-0.4, -0.2) is 13.1 Å². The molecule has 0 spiro atoms. The molecule has 5 heteroatoms. The van der Waals surface area contributed by atoms with Gasteiger partial charge in [-0.25, -0.2) is 13.6 Å². The number of rotatable bonds is 4. The van der Waals surface area contributed by atoms with Crippen molar-refractivity contribution in [2.45, 2.75) is 6.54 Å².